The number of hydrogen-bond acceptors (Lipinski definition) is 2. The summed E-state index contributed by atoms with van der Waals surface area (Å²) >= 11 is 5.96. The highest BCUT2D eigenvalue weighted by Gasteiger charge is 2.28. The lowest BCUT2D eigenvalue weighted by atomic mass is 10.2. The lowest BCUT2D eigenvalue weighted by Crippen LogP contribution is -2.17. The minimum Gasteiger partial charge on any atom is -0.397 e. The highest BCUT2D eigenvalue weighted by molar-refractivity contribution is 6.31. The van der Waals surface area contributed by atoms with E-state index in [-0.39, 0.29) is 11.6 Å². The summed E-state index contributed by atoms with van der Waals surface area (Å²) in [5.74, 6) is -0.800. The number of nitrogens with two attached hydrogens (primary N) is 1. The van der Waals surface area contributed by atoms with Gasteiger partial charge in [0.1, 0.15) is 11.5 Å². The molecule has 0 bridgehead atoms. The molecule has 1 aliphatic rings. The summed E-state index contributed by atoms with van der Waals surface area (Å²) in [6.07, 6.45) is 3.81. The summed E-state index contributed by atoms with van der Waals surface area (Å²) in [6.45, 7) is 0. The SMILES string of the molecule is Nc1ccc(F)cc1NC(=O)c1cc(Cl)cn1C1CC1. The molecule has 1 saturated carbocycles. The minimum atomic E-state index is -0.454. The van der Waals surface area contributed by atoms with E-state index in [0.717, 1.165) is 12.8 Å². The van der Waals surface area contributed by atoms with Gasteiger partial charge < -0.3 is 15.6 Å². The fraction of sp³-hybridized carbons (Fsp3) is 0.214. The molecule has 1 aliphatic carbocycles. The molecule has 0 unspecified atom stereocenters. The largest absolute Gasteiger partial charge is 0.397 e. The van der Waals surface area contributed by atoms with Gasteiger partial charge in [-0.05, 0) is 37.1 Å². The summed E-state index contributed by atoms with van der Waals surface area (Å²) < 4.78 is 15.0. The maximum Gasteiger partial charge on any atom is 0.272 e. The molecule has 1 heterocycles. The fourth-order valence-electron chi connectivity index (χ4n) is 2.11. The van der Waals surface area contributed by atoms with Crippen molar-refractivity contribution >= 4 is 28.9 Å². The van der Waals surface area contributed by atoms with Gasteiger partial charge in [-0.25, -0.2) is 4.39 Å². The number of halogens is 2. The third-order valence-corrected chi connectivity index (χ3v) is 3.46. The number of hydrogen-bond donors (Lipinski definition) is 2. The summed E-state index contributed by atoms with van der Waals surface area (Å²) in [5.41, 5.74) is 6.75. The molecular formula is C14H13ClFN3O. The molecule has 1 fully saturated rings. The van der Waals surface area contributed by atoms with E-state index in [4.69, 9.17) is 17.3 Å². The maximum absolute atomic E-state index is 13.2. The Morgan fingerprint density at radius 1 is 1.40 bits per heavy atom. The molecule has 20 heavy (non-hydrogen) atoms. The first-order chi connectivity index (χ1) is 9.54. The monoisotopic (exact) mass is 293 g/mol. The van der Waals surface area contributed by atoms with E-state index in [2.05, 4.69) is 5.32 Å². The van der Waals surface area contributed by atoms with Gasteiger partial charge in [0.15, 0.2) is 0 Å². The van der Waals surface area contributed by atoms with Crippen molar-refractivity contribution in [3.8, 4) is 0 Å². The Kier molecular flexibility index (Phi) is 3.14. The van der Waals surface area contributed by atoms with E-state index < -0.39 is 5.82 Å². The van der Waals surface area contributed by atoms with Crippen LogP contribution in [0.4, 0.5) is 15.8 Å². The predicted molar refractivity (Wildman–Crippen MR) is 76.5 cm³/mol. The quantitative estimate of drug-likeness (QED) is 0.852. The van der Waals surface area contributed by atoms with E-state index in [1.807, 2.05) is 4.57 Å². The van der Waals surface area contributed by atoms with E-state index in [1.165, 1.54) is 18.2 Å². The molecule has 1 amide bonds. The smallest absolute Gasteiger partial charge is 0.272 e. The van der Waals surface area contributed by atoms with E-state index >= 15 is 0 Å². The van der Waals surface area contributed by atoms with Gasteiger partial charge in [-0.3, -0.25) is 4.79 Å². The van der Waals surface area contributed by atoms with Crippen LogP contribution in [0.3, 0.4) is 0 Å². The lowest BCUT2D eigenvalue weighted by Gasteiger charge is -2.10. The third kappa shape index (κ3) is 2.49. The van der Waals surface area contributed by atoms with Crippen LogP contribution in [-0.2, 0) is 0 Å². The third-order valence-electron chi connectivity index (χ3n) is 3.25. The Bertz CT molecular complexity index is 679. The van der Waals surface area contributed by atoms with Gasteiger partial charge in [0.25, 0.3) is 5.91 Å². The Morgan fingerprint density at radius 2 is 2.15 bits per heavy atom. The number of amides is 1. The van der Waals surface area contributed by atoms with Gasteiger partial charge in [0, 0.05) is 12.2 Å². The zero-order chi connectivity index (χ0) is 14.3. The van der Waals surface area contributed by atoms with Gasteiger partial charge in [-0.1, -0.05) is 11.6 Å². The van der Waals surface area contributed by atoms with Crippen molar-refractivity contribution in [2.75, 3.05) is 11.1 Å². The second-order valence-corrected chi connectivity index (χ2v) is 5.30. The number of nitrogens with one attached hydrogen (secondary N) is 1. The summed E-state index contributed by atoms with van der Waals surface area (Å²) in [5, 5.41) is 3.13. The first-order valence-electron chi connectivity index (χ1n) is 6.28. The van der Waals surface area contributed by atoms with Gasteiger partial charge in [0.2, 0.25) is 0 Å². The van der Waals surface area contributed by atoms with Crippen molar-refractivity contribution in [3.63, 3.8) is 0 Å². The van der Waals surface area contributed by atoms with Crippen LogP contribution in [0.5, 0.6) is 0 Å². The number of benzene rings is 1. The van der Waals surface area contributed by atoms with Crippen LogP contribution in [0.15, 0.2) is 30.5 Å². The normalized spacial score (nSPS) is 14.3. The van der Waals surface area contributed by atoms with Gasteiger partial charge >= 0.3 is 0 Å². The molecule has 0 spiro atoms. The molecule has 0 atom stereocenters. The molecule has 3 rings (SSSR count). The molecule has 0 aliphatic heterocycles. The number of anilines is 2. The zero-order valence-electron chi connectivity index (χ0n) is 10.6. The average molecular weight is 294 g/mol. The van der Waals surface area contributed by atoms with Crippen molar-refractivity contribution in [1.29, 1.82) is 0 Å². The van der Waals surface area contributed by atoms with Crippen LogP contribution in [0.1, 0.15) is 29.4 Å². The first kappa shape index (κ1) is 13.0. The summed E-state index contributed by atoms with van der Waals surface area (Å²) in [7, 11) is 0. The minimum absolute atomic E-state index is 0.259. The molecule has 0 radical (unpaired) electrons. The van der Waals surface area contributed by atoms with Gasteiger partial charge in [-0.2, -0.15) is 0 Å². The van der Waals surface area contributed by atoms with E-state index in [1.54, 1.807) is 12.3 Å². The Labute approximate surface area is 120 Å². The Hall–Kier alpha value is -2.01. The standard InChI is InChI=1S/C14H13ClFN3O/c15-8-5-13(19(7-8)10-2-3-10)14(20)18-12-6-9(16)1-4-11(12)17/h1,4-7,10H,2-3,17H2,(H,18,20). The van der Waals surface area contributed by atoms with Crippen molar-refractivity contribution in [3.05, 3.63) is 47.0 Å². The molecule has 0 saturated heterocycles. The number of aromatic nitrogens is 1. The van der Waals surface area contributed by atoms with Crippen LogP contribution < -0.4 is 11.1 Å². The molecule has 6 heteroatoms. The van der Waals surface area contributed by atoms with Crippen LogP contribution >= 0.6 is 11.6 Å². The van der Waals surface area contributed by atoms with E-state index in [0.29, 0.717) is 22.4 Å². The topological polar surface area (TPSA) is 60.0 Å². The molecule has 1 aromatic heterocycles. The molecule has 2 aromatic rings. The van der Waals surface area contributed by atoms with Crippen LogP contribution in [-0.4, -0.2) is 10.5 Å². The summed E-state index contributed by atoms with van der Waals surface area (Å²) in [4.78, 5) is 12.3. The van der Waals surface area contributed by atoms with E-state index in [9.17, 15) is 9.18 Å². The number of nitrogen functional groups attached to an aromatic ring is 1. The highest BCUT2D eigenvalue weighted by Crippen LogP contribution is 2.37. The van der Waals surface area contributed by atoms with Crippen molar-refractivity contribution < 1.29 is 9.18 Å². The number of carbonyl (C=O) groups excluding carboxylic acids is 1. The lowest BCUT2D eigenvalue weighted by molar-refractivity contribution is 0.101. The molecule has 3 N–H and O–H groups in total. The Balaban J connectivity index is 1.87. The maximum atomic E-state index is 13.2. The molecule has 104 valence electrons. The fourth-order valence-corrected chi connectivity index (χ4v) is 2.31. The summed E-state index contributed by atoms with van der Waals surface area (Å²) in [6, 6.07) is 5.78. The molecular weight excluding hydrogens is 281 g/mol. The second-order valence-electron chi connectivity index (χ2n) is 4.87. The highest BCUT2D eigenvalue weighted by atomic mass is 35.5. The van der Waals surface area contributed by atoms with Crippen LogP contribution in [0.2, 0.25) is 5.02 Å². The number of rotatable bonds is 3. The second kappa shape index (κ2) is 4.83. The zero-order valence-corrected chi connectivity index (χ0v) is 11.3. The Morgan fingerprint density at radius 3 is 2.85 bits per heavy atom. The number of carbonyl (C=O) groups is 1. The van der Waals surface area contributed by atoms with Crippen molar-refractivity contribution in [2.24, 2.45) is 0 Å². The average Bonchev–Trinajstić information content (AvgIpc) is 3.17. The van der Waals surface area contributed by atoms with Crippen molar-refractivity contribution in [2.45, 2.75) is 18.9 Å². The molecule has 4 nitrogen and oxygen atoms in total. The molecule has 1 aromatic carbocycles. The van der Waals surface area contributed by atoms with Gasteiger partial charge in [-0.15, -0.1) is 0 Å². The number of nitrogens with zero attached hydrogens (tertiary/aromatic N) is 1. The predicted octanol–water partition coefficient (Wildman–Crippen LogP) is 3.45. The van der Waals surface area contributed by atoms with Crippen LogP contribution in [0, 0.1) is 5.82 Å². The first-order valence-corrected chi connectivity index (χ1v) is 6.66. The van der Waals surface area contributed by atoms with Gasteiger partial charge in [0.05, 0.1) is 16.4 Å². The van der Waals surface area contributed by atoms with Crippen molar-refractivity contribution in [1.82, 2.24) is 4.57 Å². The van der Waals surface area contributed by atoms with Crippen LogP contribution in [0.25, 0.3) is 0 Å².